The van der Waals surface area contributed by atoms with Crippen LogP contribution in [-0.4, -0.2) is 18.1 Å². The number of carbonyl (C=O) groups excluding carboxylic acids is 1. The molecule has 2 rings (SSSR count). The van der Waals surface area contributed by atoms with E-state index >= 15 is 0 Å². The Morgan fingerprint density at radius 2 is 2.29 bits per heavy atom. The summed E-state index contributed by atoms with van der Waals surface area (Å²) in [6.07, 6.45) is 0.0404. The lowest BCUT2D eigenvalue weighted by Gasteiger charge is -2.06. The molecule has 0 atom stereocenters. The van der Waals surface area contributed by atoms with E-state index in [1.54, 1.807) is 18.2 Å². The average Bonchev–Trinajstić information content (AvgIpc) is 2.30. The minimum atomic E-state index is -0.462. The van der Waals surface area contributed by atoms with Gasteiger partial charge in [0.25, 0.3) is 0 Å². The lowest BCUT2D eigenvalue weighted by Crippen LogP contribution is -2.05. The molecule has 0 fully saturated rings. The molecule has 1 heterocycles. The van der Waals surface area contributed by atoms with Gasteiger partial charge in [0.15, 0.2) is 0 Å². The van der Waals surface area contributed by atoms with Crippen molar-refractivity contribution in [2.24, 2.45) is 0 Å². The van der Waals surface area contributed by atoms with Crippen molar-refractivity contribution in [2.45, 2.75) is 6.42 Å². The summed E-state index contributed by atoms with van der Waals surface area (Å²) < 4.78 is 18.1. The molecule has 5 heteroatoms. The maximum atomic E-state index is 13.5. The number of hydrogen-bond donors (Lipinski definition) is 0. The van der Waals surface area contributed by atoms with Gasteiger partial charge >= 0.3 is 5.97 Å². The molecule has 0 aliphatic heterocycles. The zero-order chi connectivity index (χ0) is 12.4. The van der Waals surface area contributed by atoms with E-state index in [9.17, 15) is 9.18 Å². The first-order valence-electron chi connectivity index (χ1n) is 4.92. The summed E-state index contributed by atoms with van der Waals surface area (Å²) in [5.74, 6) is -0.867. The van der Waals surface area contributed by atoms with E-state index in [0.29, 0.717) is 10.9 Å². The molecule has 0 N–H and O–H groups in total. The number of esters is 1. The van der Waals surface area contributed by atoms with Crippen LogP contribution in [0.5, 0.6) is 0 Å². The Bertz CT molecular complexity index is 586. The number of aromatic nitrogens is 1. The third kappa shape index (κ3) is 2.36. The van der Waals surface area contributed by atoms with Crippen LogP contribution < -0.4 is 0 Å². The van der Waals surface area contributed by atoms with Gasteiger partial charge in [-0.25, -0.2) is 9.37 Å². The van der Waals surface area contributed by atoms with Crippen LogP contribution in [0.25, 0.3) is 10.9 Å². The molecule has 0 spiro atoms. The number of para-hydroxylation sites is 1. The first kappa shape index (κ1) is 11.8. The Labute approximate surface area is 102 Å². The molecule has 0 bridgehead atoms. The highest BCUT2D eigenvalue weighted by molar-refractivity contribution is 6.30. The van der Waals surface area contributed by atoms with E-state index in [0.717, 1.165) is 0 Å². The van der Waals surface area contributed by atoms with Gasteiger partial charge in [0.05, 0.1) is 13.5 Å². The molecule has 17 heavy (non-hydrogen) atoms. The number of carbonyl (C=O) groups is 1. The van der Waals surface area contributed by atoms with E-state index < -0.39 is 11.8 Å². The van der Waals surface area contributed by atoms with Crippen LogP contribution in [0.4, 0.5) is 4.39 Å². The van der Waals surface area contributed by atoms with Crippen LogP contribution in [0.1, 0.15) is 5.56 Å². The Morgan fingerprint density at radius 1 is 1.53 bits per heavy atom. The molecule has 88 valence electrons. The monoisotopic (exact) mass is 253 g/mol. The molecular formula is C12H9ClFNO2. The standard InChI is InChI=1S/C12H9ClFNO2/c1-17-11(16)6-7-5-10(13)15-12-8(7)3-2-4-9(12)14/h2-5H,6H2,1H3. The summed E-state index contributed by atoms with van der Waals surface area (Å²) in [6.45, 7) is 0. The van der Waals surface area contributed by atoms with Crippen molar-refractivity contribution in [2.75, 3.05) is 7.11 Å². The number of nitrogens with zero attached hydrogens (tertiary/aromatic N) is 1. The second-order valence-corrected chi connectivity index (χ2v) is 3.88. The summed E-state index contributed by atoms with van der Waals surface area (Å²) in [6, 6.07) is 6.10. The van der Waals surface area contributed by atoms with E-state index in [1.165, 1.54) is 13.2 Å². The van der Waals surface area contributed by atoms with Crippen molar-refractivity contribution in [1.29, 1.82) is 0 Å². The predicted molar refractivity (Wildman–Crippen MR) is 62.4 cm³/mol. The molecular weight excluding hydrogens is 245 g/mol. The molecule has 0 unspecified atom stereocenters. The third-order valence-electron chi connectivity index (χ3n) is 2.41. The van der Waals surface area contributed by atoms with Gasteiger partial charge < -0.3 is 4.74 Å². The summed E-state index contributed by atoms with van der Waals surface area (Å²) in [5, 5.41) is 0.723. The Kier molecular flexibility index (Phi) is 3.24. The first-order valence-corrected chi connectivity index (χ1v) is 5.30. The SMILES string of the molecule is COC(=O)Cc1cc(Cl)nc2c(F)cccc12. The number of ether oxygens (including phenoxy) is 1. The maximum absolute atomic E-state index is 13.5. The Hall–Kier alpha value is -1.68. The van der Waals surface area contributed by atoms with Gasteiger partial charge in [0, 0.05) is 5.39 Å². The zero-order valence-electron chi connectivity index (χ0n) is 9.04. The average molecular weight is 254 g/mol. The fourth-order valence-corrected chi connectivity index (χ4v) is 1.84. The summed E-state index contributed by atoms with van der Waals surface area (Å²) in [5.41, 5.74) is 0.769. The molecule has 0 aliphatic carbocycles. The van der Waals surface area contributed by atoms with Crippen molar-refractivity contribution in [3.05, 3.63) is 40.8 Å². The largest absolute Gasteiger partial charge is 0.469 e. The van der Waals surface area contributed by atoms with Crippen LogP contribution in [0.15, 0.2) is 24.3 Å². The smallest absolute Gasteiger partial charge is 0.310 e. The fourth-order valence-electron chi connectivity index (χ4n) is 1.62. The van der Waals surface area contributed by atoms with Crippen molar-refractivity contribution < 1.29 is 13.9 Å². The fraction of sp³-hybridized carbons (Fsp3) is 0.167. The van der Waals surface area contributed by atoms with Crippen molar-refractivity contribution >= 4 is 28.5 Å². The number of methoxy groups -OCH3 is 1. The number of fused-ring (bicyclic) bond motifs is 1. The molecule has 0 radical (unpaired) electrons. The van der Waals surface area contributed by atoms with Gasteiger partial charge in [-0.05, 0) is 17.7 Å². The molecule has 0 aliphatic rings. The van der Waals surface area contributed by atoms with Gasteiger partial charge in [-0.3, -0.25) is 4.79 Å². The Balaban J connectivity index is 2.62. The van der Waals surface area contributed by atoms with Crippen LogP contribution in [0.2, 0.25) is 5.15 Å². The minimum Gasteiger partial charge on any atom is -0.469 e. The summed E-state index contributed by atoms with van der Waals surface area (Å²) in [7, 11) is 1.30. The zero-order valence-corrected chi connectivity index (χ0v) is 9.79. The van der Waals surface area contributed by atoms with Gasteiger partial charge in [-0.15, -0.1) is 0 Å². The highest BCUT2D eigenvalue weighted by Gasteiger charge is 2.11. The van der Waals surface area contributed by atoms with Gasteiger partial charge in [-0.1, -0.05) is 23.7 Å². The highest BCUT2D eigenvalue weighted by atomic mass is 35.5. The van der Waals surface area contributed by atoms with E-state index in [1.807, 2.05) is 0 Å². The van der Waals surface area contributed by atoms with Crippen molar-refractivity contribution in [3.8, 4) is 0 Å². The molecule has 2 aromatic rings. The van der Waals surface area contributed by atoms with E-state index in [2.05, 4.69) is 9.72 Å². The third-order valence-corrected chi connectivity index (χ3v) is 2.60. The maximum Gasteiger partial charge on any atom is 0.310 e. The van der Waals surface area contributed by atoms with Crippen molar-refractivity contribution in [1.82, 2.24) is 4.98 Å². The molecule has 0 saturated carbocycles. The number of halogens is 2. The highest BCUT2D eigenvalue weighted by Crippen LogP contribution is 2.23. The lowest BCUT2D eigenvalue weighted by molar-refractivity contribution is -0.139. The van der Waals surface area contributed by atoms with Gasteiger partial charge in [0.2, 0.25) is 0 Å². The van der Waals surface area contributed by atoms with E-state index in [-0.39, 0.29) is 17.1 Å². The normalized spacial score (nSPS) is 10.5. The first-order chi connectivity index (χ1) is 8.11. The lowest BCUT2D eigenvalue weighted by atomic mass is 10.1. The molecule has 1 aromatic carbocycles. The molecule has 0 saturated heterocycles. The van der Waals surface area contributed by atoms with E-state index in [4.69, 9.17) is 11.6 Å². The quantitative estimate of drug-likeness (QED) is 0.610. The summed E-state index contributed by atoms with van der Waals surface area (Å²) in [4.78, 5) is 15.1. The second-order valence-electron chi connectivity index (χ2n) is 3.49. The van der Waals surface area contributed by atoms with Crippen LogP contribution in [-0.2, 0) is 16.0 Å². The predicted octanol–water partition coefficient (Wildman–Crippen LogP) is 2.74. The van der Waals surface area contributed by atoms with Crippen LogP contribution >= 0.6 is 11.6 Å². The topological polar surface area (TPSA) is 39.2 Å². The molecule has 3 nitrogen and oxygen atoms in total. The van der Waals surface area contributed by atoms with Gasteiger partial charge in [-0.2, -0.15) is 0 Å². The van der Waals surface area contributed by atoms with Crippen molar-refractivity contribution in [3.63, 3.8) is 0 Å². The number of benzene rings is 1. The minimum absolute atomic E-state index is 0.0404. The van der Waals surface area contributed by atoms with Gasteiger partial charge in [0.1, 0.15) is 16.5 Å². The molecule has 1 aromatic heterocycles. The summed E-state index contributed by atoms with van der Waals surface area (Å²) >= 11 is 5.79. The molecule has 0 amide bonds. The van der Waals surface area contributed by atoms with Crippen LogP contribution in [0, 0.1) is 5.82 Å². The number of rotatable bonds is 2. The second kappa shape index (κ2) is 4.67. The number of pyridine rings is 1. The number of hydrogen-bond acceptors (Lipinski definition) is 3. The Morgan fingerprint density at radius 3 is 3.00 bits per heavy atom. The van der Waals surface area contributed by atoms with Crippen LogP contribution in [0.3, 0.4) is 0 Å².